The van der Waals surface area contributed by atoms with Gasteiger partial charge in [0.25, 0.3) is 0 Å². The van der Waals surface area contributed by atoms with Gasteiger partial charge in [-0.15, -0.1) is 10.2 Å². The van der Waals surface area contributed by atoms with Crippen LogP contribution in [0.1, 0.15) is 25.7 Å². The molecule has 2 aliphatic rings. The molecule has 6 heteroatoms. The molecule has 2 aliphatic carbocycles. The third-order valence-corrected chi connectivity index (χ3v) is 5.58. The summed E-state index contributed by atoms with van der Waals surface area (Å²) in [6.07, 6.45) is 7.85. The van der Waals surface area contributed by atoms with Crippen molar-refractivity contribution in [3.63, 3.8) is 0 Å². The summed E-state index contributed by atoms with van der Waals surface area (Å²) < 4.78 is 1.94. The lowest BCUT2D eigenvalue weighted by Gasteiger charge is -2.26. The minimum absolute atomic E-state index is 0.0758. The molecule has 2 aromatic rings. The summed E-state index contributed by atoms with van der Waals surface area (Å²) in [5.74, 6) is 3.10. The van der Waals surface area contributed by atoms with Gasteiger partial charge in [0, 0.05) is 32.5 Å². The van der Waals surface area contributed by atoms with Crippen molar-refractivity contribution in [2.45, 2.75) is 37.8 Å². The van der Waals surface area contributed by atoms with Crippen LogP contribution in [-0.4, -0.2) is 44.0 Å². The number of aromatic nitrogens is 4. The maximum atomic E-state index is 9.78. The van der Waals surface area contributed by atoms with Gasteiger partial charge in [-0.25, -0.2) is 4.98 Å². The lowest BCUT2D eigenvalue weighted by atomic mass is 10.0. The molecule has 6 nitrogen and oxygen atoms in total. The van der Waals surface area contributed by atoms with E-state index < -0.39 is 0 Å². The van der Waals surface area contributed by atoms with E-state index in [0.717, 1.165) is 43.0 Å². The molecule has 0 aromatic carbocycles. The maximum Gasteiger partial charge on any atom is 0.160 e. The van der Waals surface area contributed by atoms with Crippen molar-refractivity contribution in [2.24, 2.45) is 18.9 Å². The van der Waals surface area contributed by atoms with Gasteiger partial charge in [-0.3, -0.25) is 0 Å². The highest BCUT2D eigenvalue weighted by Crippen LogP contribution is 2.45. The number of rotatable bonds is 3. The fourth-order valence-electron chi connectivity index (χ4n) is 4.30. The second kappa shape index (κ2) is 5.60. The van der Waals surface area contributed by atoms with Gasteiger partial charge < -0.3 is 14.6 Å². The predicted molar refractivity (Wildman–Crippen MR) is 87.9 cm³/mol. The molecular weight excluding hydrogens is 290 g/mol. The number of aliphatic hydroxyl groups is 1. The number of aliphatic hydroxyl groups excluding tert-OH is 1. The average molecular weight is 313 g/mol. The lowest BCUT2D eigenvalue weighted by Crippen LogP contribution is -2.31. The third-order valence-electron chi connectivity index (χ3n) is 5.58. The van der Waals surface area contributed by atoms with Crippen LogP contribution >= 0.6 is 0 Å². The van der Waals surface area contributed by atoms with E-state index in [-0.39, 0.29) is 6.10 Å². The van der Waals surface area contributed by atoms with Crippen molar-refractivity contribution in [3.05, 3.63) is 24.5 Å². The zero-order chi connectivity index (χ0) is 16.0. The van der Waals surface area contributed by atoms with Crippen LogP contribution in [0.3, 0.4) is 0 Å². The second-order valence-electron chi connectivity index (χ2n) is 7.02. The Labute approximate surface area is 136 Å². The van der Waals surface area contributed by atoms with Gasteiger partial charge in [0.05, 0.1) is 6.10 Å². The molecule has 23 heavy (non-hydrogen) atoms. The van der Waals surface area contributed by atoms with Gasteiger partial charge in [-0.05, 0) is 49.7 Å². The summed E-state index contributed by atoms with van der Waals surface area (Å²) >= 11 is 0. The molecule has 2 unspecified atom stereocenters. The number of nitrogens with zero attached hydrogens (tertiary/aromatic N) is 5. The Morgan fingerprint density at radius 1 is 1.13 bits per heavy atom. The number of aryl methyl sites for hydroxylation is 1. The summed E-state index contributed by atoms with van der Waals surface area (Å²) in [7, 11) is 4.06. The molecule has 2 saturated carbocycles. The van der Waals surface area contributed by atoms with E-state index in [0.29, 0.717) is 17.9 Å². The van der Waals surface area contributed by atoms with E-state index in [1.807, 2.05) is 29.9 Å². The summed E-state index contributed by atoms with van der Waals surface area (Å²) in [5, 5.41) is 18.5. The molecule has 0 saturated heterocycles. The Kier molecular flexibility index (Phi) is 3.56. The summed E-state index contributed by atoms with van der Waals surface area (Å²) in [5.41, 5.74) is 0.793. The van der Waals surface area contributed by atoms with Gasteiger partial charge in [0.1, 0.15) is 5.69 Å². The minimum Gasteiger partial charge on any atom is -0.393 e. The van der Waals surface area contributed by atoms with Crippen LogP contribution in [0.15, 0.2) is 24.5 Å². The van der Waals surface area contributed by atoms with Crippen molar-refractivity contribution < 1.29 is 5.11 Å². The molecule has 0 radical (unpaired) electrons. The number of imidazole rings is 1. The Morgan fingerprint density at radius 3 is 2.43 bits per heavy atom. The predicted octanol–water partition coefficient (Wildman–Crippen LogP) is 1.86. The topological polar surface area (TPSA) is 67.1 Å². The zero-order valence-corrected chi connectivity index (χ0v) is 13.6. The molecule has 2 aromatic heterocycles. The molecular formula is C17H23N5O. The quantitative estimate of drug-likeness (QED) is 0.937. The molecule has 0 spiro atoms. The largest absolute Gasteiger partial charge is 0.393 e. The Balaban J connectivity index is 1.47. The second-order valence-corrected chi connectivity index (χ2v) is 7.02. The van der Waals surface area contributed by atoms with Crippen molar-refractivity contribution in [2.75, 3.05) is 11.9 Å². The van der Waals surface area contributed by atoms with Crippen molar-refractivity contribution in [1.29, 1.82) is 0 Å². The molecule has 2 fully saturated rings. The molecule has 0 aliphatic heterocycles. The fourth-order valence-corrected chi connectivity index (χ4v) is 4.30. The van der Waals surface area contributed by atoms with E-state index >= 15 is 0 Å². The Hall–Kier alpha value is -1.95. The number of hydrogen-bond donors (Lipinski definition) is 1. The third kappa shape index (κ3) is 2.61. The van der Waals surface area contributed by atoms with Crippen LogP contribution in [0.5, 0.6) is 0 Å². The van der Waals surface area contributed by atoms with Crippen LogP contribution in [0, 0.1) is 11.8 Å². The molecule has 1 N–H and O–H groups in total. The molecule has 122 valence electrons. The van der Waals surface area contributed by atoms with E-state index in [1.165, 1.54) is 0 Å². The minimum atomic E-state index is -0.0758. The van der Waals surface area contributed by atoms with E-state index in [2.05, 4.69) is 27.1 Å². The van der Waals surface area contributed by atoms with Crippen LogP contribution in [0.4, 0.5) is 5.82 Å². The Morgan fingerprint density at radius 2 is 1.87 bits per heavy atom. The molecule has 4 rings (SSSR count). The normalized spacial score (nSPS) is 29.7. The highest BCUT2D eigenvalue weighted by molar-refractivity contribution is 5.51. The molecule has 4 atom stereocenters. The summed E-state index contributed by atoms with van der Waals surface area (Å²) in [4.78, 5) is 6.56. The van der Waals surface area contributed by atoms with Crippen LogP contribution in [0.2, 0.25) is 0 Å². The van der Waals surface area contributed by atoms with Gasteiger partial charge in [-0.1, -0.05) is 0 Å². The standard InChI is InChI=1S/C17H23N5O/c1-21-6-5-18-17(21)15-3-4-16(20-19-15)22(2)13-7-11-9-14(23)10-12(11)8-13/h3-6,11-14,23H,7-10H2,1-2H3/t11-,12+,13?,14?. The van der Waals surface area contributed by atoms with Crippen LogP contribution in [0.25, 0.3) is 11.5 Å². The van der Waals surface area contributed by atoms with Gasteiger partial charge in [0.2, 0.25) is 0 Å². The first-order chi connectivity index (χ1) is 11.1. The summed E-state index contributed by atoms with van der Waals surface area (Å²) in [6.45, 7) is 0. The van der Waals surface area contributed by atoms with Crippen molar-refractivity contribution in [1.82, 2.24) is 19.7 Å². The van der Waals surface area contributed by atoms with Gasteiger partial charge in [-0.2, -0.15) is 0 Å². The highest BCUT2D eigenvalue weighted by Gasteiger charge is 2.42. The number of hydrogen-bond acceptors (Lipinski definition) is 5. The summed E-state index contributed by atoms with van der Waals surface area (Å²) in [6, 6.07) is 4.52. The van der Waals surface area contributed by atoms with Crippen LogP contribution in [-0.2, 0) is 7.05 Å². The average Bonchev–Trinajstić information content (AvgIpc) is 3.21. The zero-order valence-electron chi connectivity index (χ0n) is 13.6. The number of fused-ring (bicyclic) bond motifs is 1. The highest BCUT2D eigenvalue weighted by atomic mass is 16.3. The van der Waals surface area contributed by atoms with Crippen LogP contribution < -0.4 is 4.90 Å². The van der Waals surface area contributed by atoms with Crippen molar-refractivity contribution in [3.8, 4) is 11.5 Å². The van der Waals surface area contributed by atoms with Gasteiger partial charge in [0.15, 0.2) is 11.6 Å². The van der Waals surface area contributed by atoms with E-state index in [9.17, 15) is 5.11 Å². The number of anilines is 1. The van der Waals surface area contributed by atoms with E-state index in [4.69, 9.17) is 0 Å². The Bertz CT molecular complexity index is 669. The smallest absolute Gasteiger partial charge is 0.160 e. The fraction of sp³-hybridized carbons (Fsp3) is 0.588. The lowest BCUT2D eigenvalue weighted by molar-refractivity contribution is 0.171. The van der Waals surface area contributed by atoms with Crippen molar-refractivity contribution >= 4 is 5.82 Å². The molecule has 2 heterocycles. The SMILES string of the molecule is CN(c1ccc(-c2nccn2C)nn1)C1C[C@H]2CC(O)C[C@H]2C1. The first kappa shape index (κ1) is 14.6. The molecule has 0 amide bonds. The monoisotopic (exact) mass is 313 g/mol. The first-order valence-electron chi connectivity index (χ1n) is 8.34. The molecule has 0 bridgehead atoms. The van der Waals surface area contributed by atoms with Gasteiger partial charge >= 0.3 is 0 Å². The maximum absolute atomic E-state index is 9.78. The van der Waals surface area contributed by atoms with E-state index in [1.54, 1.807) is 6.20 Å². The first-order valence-corrected chi connectivity index (χ1v) is 8.34.